The quantitative estimate of drug-likeness (QED) is 0.111. The number of rotatable bonds is 11. The standard InChI is InChI=1S/C26H12Cl2F4N4O3.C21H10Cl2F4N4O3/c27-16-8-13(12-33)9-17(11-16)37-22-18(28)7-6-15(20(22)29)10-19-35-36-25(38-19)21-23(26(30,31)32)39-24(34-21)14-4-2-1-3-5-14;1-9-29-17(19(32-9)21(25,26)27)20-31-30-15(34-20)6-11-2-3-14(23)18(16(11)24)33-13-5-10(8-28)4-12(22)7-13/h1-9,11H,10H2;2-5,7H,6H2,1H3. The van der Waals surface area contributed by atoms with Gasteiger partial charge in [0.25, 0.3) is 11.8 Å². The van der Waals surface area contributed by atoms with Crippen molar-refractivity contribution in [3.63, 3.8) is 0 Å². The van der Waals surface area contributed by atoms with E-state index < -0.39 is 58.7 Å². The summed E-state index contributed by atoms with van der Waals surface area (Å²) in [6.07, 6.45) is -10.3. The number of aromatic nitrogens is 6. The smallest absolute Gasteiger partial charge is 0.452 e. The molecular weight excluding hydrogens is 1070 g/mol. The zero-order valence-corrected chi connectivity index (χ0v) is 39.2. The van der Waals surface area contributed by atoms with E-state index in [2.05, 4.69) is 34.8 Å². The second kappa shape index (κ2) is 21.0. The number of aryl methyl sites for hydroxylation is 1. The molecule has 0 saturated heterocycles. The lowest BCUT2D eigenvalue weighted by atomic mass is 10.1. The number of alkyl halides is 6. The highest BCUT2D eigenvalue weighted by Gasteiger charge is 2.43. The molecule has 0 unspecified atom stereocenters. The van der Waals surface area contributed by atoms with E-state index in [-0.39, 0.29) is 102 Å². The molecule has 0 aliphatic rings. The minimum Gasteiger partial charge on any atom is -0.453 e. The average molecular weight is 1090 g/mol. The molecule has 0 atom stereocenters. The Bertz CT molecular complexity index is 3610. The molecule has 4 aromatic heterocycles. The molecule has 370 valence electrons. The molecule has 9 rings (SSSR count). The van der Waals surface area contributed by atoms with Crippen LogP contribution in [0.1, 0.15) is 51.4 Å². The molecule has 0 radical (unpaired) electrons. The number of ether oxygens (including phenoxy) is 2. The van der Waals surface area contributed by atoms with Crippen molar-refractivity contribution in [1.82, 2.24) is 30.4 Å². The summed E-state index contributed by atoms with van der Waals surface area (Å²) >= 11 is 24.1. The first-order valence-corrected chi connectivity index (χ1v) is 21.7. The monoisotopic (exact) mass is 1090 g/mol. The van der Waals surface area contributed by atoms with Gasteiger partial charge in [0.2, 0.25) is 29.2 Å². The number of nitriles is 2. The van der Waals surface area contributed by atoms with Crippen molar-refractivity contribution in [3.8, 4) is 69.8 Å². The van der Waals surface area contributed by atoms with Crippen LogP contribution in [0, 0.1) is 41.2 Å². The van der Waals surface area contributed by atoms with Gasteiger partial charge in [-0.3, -0.25) is 0 Å². The number of hydrogen-bond acceptors (Lipinski definition) is 14. The maximum absolute atomic E-state index is 15.4. The lowest BCUT2D eigenvalue weighted by molar-refractivity contribution is -0.153. The Labute approximate surface area is 423 Å². The molecule has 0 aliphatic heterocycles. The van der Waals surface area contributed by atoms with Gasteiger partial charge in [0.05, 0.1) is 46.2 Å². The van der Waals surface area contributed by atoms with Crippen LogP contribution in [-0.4, -0.2) is 30.4 Å². The fourth-order valence-electron chi connectivity index (χ4n) is 6.51. The van der Waals surface area contributed by atoms with E-state index in [0.717, 1.165) is 0 Å². The first-order valence-electron chi connectivity index (χ1n) is 20.2. The number of oxazole rings is 2. The van der Waals surface area contributed by atoms with Gasteiger partial charge in [-0.25, -0.2) is 18.7 Å². The van der Waals surface area contributed by atoms with Crippen molar-refractivity contribution in [1.29, 1.82) is 10.5 Å². The summed E-state index contributed by atoms with van der Waals surface area (Å²) in [5.41, 5.74) is -0.683. The SMILES string of the molecule is Cc1nc(-c2nnc(Cc3ccc(Cl)c(Oc4cc(Cl)cc(C#N)c4)c3F)o2)c(C(F)(F)F)o1.N#Cc1cc(Cl)cc(Oc2c(Cl)ccc(Cc3nnc(-c4nc(-c5ccccc5)oc4C(F)(F)F)o3)c2F)c1. The predicted molar refractivity (Wildman–Crippen MR) is 241 cm³/mol. The second-order valence-corrected chi connectivity index (χ2v) is 16.5. The summed E-state index contributed by atoms with van der Waals surface area (Å²) in [4.78, 5) is 7.57. The van der Waals surface area contributed by atoms with Gasteiger partial charge in [-0.15, -0.1) is 20.4 Å². The van der Waals surface area contributed by atoms with Crippen LogP contribution in [0.3, 0.4) is 0 Å². The van der Waals surface area contributed by atoms with E-state index in [1.807, 2.05) is 12.1 Å². The van der Waals surface area contributed by atoms with E-state index in [1.165, 1.54) is 79.7 Å². The van der Waals surface area contributed by atoms with Crippen LogP contribution in [0.4, 0.5) is 35.1 Å². The van der Waals surface area contributed by atoms with E-state index in [1.54, 1.807) is 18.2 Å². The van der Waals surface area contributed by atoms with Crippen LogP contribution in [0.5, 0.6) is 23.0 Å². The third-order valence-electron chi connectivity index (χ3n) is 9.62. The fourth-order valence-corrected chi connectivity index (χ4v) is 7.33. The molecule has 4 heterocycles. The Balaban J connectivity index is 0.000000197. The van der Waals surface area contributed by atoms with E-state index in [0.29, 0.717) is 5.56 Å². The summed E-state index contributed by atoms with van der Waals surface area (Å²) in [7, 11) is 0. The molecule has 9 aromatic rings. The van der Waals surface area contributed by atoms with Gasteiger partial charge >= 0.3 is 12.4 Å². The fraction of sp³-hybridized carbons (Fsp3) is 0.106. The molecule has 0 fully saturated rings. The number of halogens is 12. The first kappa shape index (κ1) is 51.3. The Morgan fingerprint density at radius 1 is 0.548 bits per heavy atom. The highest BCUT2D eigenvalue weighted by Crippen LogP contribution is 2.42. The van der Waals surface area contributed by atoms with Crippen molar-refractivity contribution in [3.05, 3.63) is 174 Å². The largest absolute Gasteiger partial charge is 0.453 e. The zero-order chi connectivity index (χ0) is 52.4. The van der Waals surface area contributed by atoms with Gasteiger partial charge in [-0.1, -0.05) is 76.7 Å². The second-order valence-electron chi connectivity index (χ2n) is 14.8. The van der Waals surface area contributed by atoms with Gasteiger partial charge in [-0.05, 0) is 60.7 Å². The lowest BCUT2D eigenvalue weighted by Crippen LogP contribution is -2.05. The maximum atomic E-state index is 15.4. The van der Waals surface area contributed by atoms with Gasteiger partial charge in [0, 0.05) is 33.7 Å². The lowest BCUT2D eigenvalue weighted by Gasteiger charge is -2.11. The highest BCUT2D eigenvalue weighted by atomic mass is 35.5. The average Bonchev–Trinajstić information content (AvgIpc) is 4.18. The molecule has 26 heteroatoms. The Hall–Kier alpha value is -8.02. The van der Waals surface area contributed by atoms with Crippen LogP contribution >= 0.6 is 46.4 Å². The predicted octanol–water partition coefficient (Wildman–Crippen LogP) is 14.9. The topological polar surface area (TPSA) is 196 Å². The zero-order valence-electron chi connectivity index (χ0n) is 36.1. The maximum Gasteiger partial charge on any atom is 0.452 e. The van der Waals surface area contributed by atoms with Gasteiger partial charge in [0.1, 0.15) is 11.5 Å². The Morgan fingerprint density at radius 2 is 1.00 bits per heavy atom. The van der Waals surface area contributed by atoms with Crippen LogP contribution in [-0.2, 0) is 25.2 Å². The minimum absolute atomic E-state index is 0.00418. The van der Waals surface area contributed by atoms with E-state index in [9.17, 15) is 26.3 Å². The molecule has 0 N–H and O–H groups in total. The van der Waals surface area contributed by atoms with Gasteiger partial charge < -0.3 is 27.1 Å². The molecule has 0 spiro atoms. The Kier molecular flexibility index (Phi) is 14.8. The molecule has 73 heavy (non-hydrogen) atoms. The van der Waals surface area contributed by atoms with Crippen LogP contribution < -0.4 is 9.47 Å². The highest BCUT2D eigenvalue weighted by molar-refractivity contribution is 6.32. The van der Waals surface area contributed by atoms with E-state index >= 15 is 8.78 Å². The summed E-state index contributed by atoms with van der Waals surface area (Å²) in [6.45, 7) is 1.24. The van der Waals surface area contributed by atoms with Crippen LogP contribution in [0.2, 0.25) is 20.1 Å². The molecular formula is C47H22Cl4F8N8O6. The summed E-state index contributed by atoms with van der Waals surface area (Å²) in [6, 6.07) is 25.4. The third-order valence-corrected chi connectivity index (χ3v) is 10.6. The minimum atomic E-state index is -4.90. The van der Waals surface area contributed by atoms with Crippen LogP contribution in [0.15, 0.2) is 109 Å². The van der Waals surface area contributed by atoms with E-state index in [4.69, 9.17) is 79.7 Å². The summed E-state index contributed by atoms with van der Waals surface area (Å²) < 4.78 is 142. The van der Waals surface area contributed by atoms with Crippen LogP contribution in [0.25, 0.3) is 34.6 Å². The summed E-state index contributed by atoms with van der Waals surface area (Å²) in [5.74, 6) is -7.14. The number of nitrogens with zero attached hydrogens (tertiary/aromatic N) is 8. The van der Waals surface area contributed by atoms with Crippen molar-refractivity contribution < 1.29 is 62.3 Å². The van der Waals surface area contributed by atoms with Crippen molar-refractivity contribution in [2.45, 2.75) is 32.1 Å². The van der Waals surface area contributed by atoms with Crippen molar-refractivity contribution in [2.24, 2.45) is 0 Å². The normalized spacial score (nSPS) is 11.4. The first-order chi connectivity index (χ1) is 34.7. The third kappa shape index (κ3) is 11.9. The molecule has 0 amide bonds. The number of hydrogen-bond donors (Lipinski definition) is 0. The van der Waals surface area contributed by atoms with Crippen molar-refractivity contribution in [2.75, 3.05) is 0 Å². The van der Waals surface area contributed by atoms with Crippen molar-refractivity contribution >= 4 is 46.4 Å². The molecule has 0 bridgehead atoms. The molecule has 5 aromatic carbocycles. The number of benzene rings is 5. The van der Waals surface area contributed by atoms with Gasteiger partial charge in [-0.2, -0.15) is 36.9 Å². The molecule has 0 saturated carbocycles. The Morgan fingerprint density at radius 3 is 1.45 bits per heavy atom. The molecule has 14 nitrogen and oxygen atoms in total. The summed E-state index contributed by atoms with van der Waals surface area (Å²) in [5, 5.41) is 33.1. The van der Waals surface area contributed by atoms with Gasteiger partial charge in [0.15, 0.2) is 40.4 Å². The molecule has 0 aliphatic carbocycles.